The molecule has 0 aliphatic carbocycles. The molecule has 0 bridgehead atoms. The van der Waals surface area contributed by atoms with Crippen LogP contribution in [0, 0.1) is 6.92 Å². The summed E-state index contributed by atoms with van der Waals surface area (Å²) in [7, 11) is 0. The third-order valence-electron chi connectivity index (χ3n) is 2.73. The maximum absolute atomic E-state index is 12.0. The molecule has 0 spiro atoms. The lowest BCUT2D eigenvalue weighted by atomic mass is 10.1. The van der Waals surface area contributed by atoms with Crippen molar-refractivity contribution in [2.45, 2.75) is 19.6 Å². The van der Waals surface area contributed by atoms with Gasteiger partial charge in [0.15, 0.2) is 0 Å². The number of aromatic amines is 1. The van der Waals surface area contributed by atoms with E-state index in [0.717, 1.165) is 11.3 Å². The number of aromatic hydroxyl groups is 1. The molecule has 1 aromatic carbocycles. The molecular weight excluding hydrogens is 260 g/mol. The Morgan fingerprint density at radius 2 is 2.00 bits per heavy atom. The maximum atomic E-state index is 12.0. The van der Waals surface area contributed by atoms with Gasteiger partial charge in [0.1, 0.15) is 11.4 Å². The van der Waals surface area contributed by atoms with Gasteiger partial charge in [0.05, 0.1) is 5.75 Å². The van der Waals surface area contributed by atoms with E-state index in [1.807, 2.05) is 38.1 Å². The van der Waals surface area contributed by atoms with E-state index in [2.05, 4.69) is 9.97 Å². The molecule has 0 saturated carbocycles. The molecule has 19 heavy (non-hydrogen) atoms. The van der Waals surface area contributed by atoms with Gasteiger partial charge in [-0.25, -0.2) is 0 Å². The van der Waals surface area contributed by atoms with Gasteiger partial charge in [0.25, 0.3) is 5.56 Å². The number of nitrogens with zero attached hydrogens (tertiary/aromatic N) is 1. The molecule has 0 amide bonds. The van der Waals surface area contributed by atoms with Crippen LogP contribution in [0.2, 0.25) is 0 Å². The Morgan fingerprint density at radius 3 is 2.58 bits per heavy atom. The lowest BCUT2D eigenvalue weighted by Crippen LogP contribution is -2.13. The third kappa shape index (κ3) is 3.17. The van der Waals surface area contributed by atoms with Crippen LogP contribution in [0.4, 0.5) is 0 Å². The van der Waals surface area contributed by atoms with Crippen LogP contribution in [0.1, 0.15) is 18.3 Å². The number of hydrogen-bond donors (Lipinski definition) is 2. The quantitative estimate of drug-likeness (QED) is 0.901. The molecule has 1 heterocycles. The lowest BCUT2D eigenvalue weighted by molar-refractivity contribution is 0.451. The zero-order chi connectivity index (χ0) is 13.8. The zero-order valence-electron chi connectivity index (χ0n) is 10.9. The van der Waals surface area contributed by atoms with Crippen molar-refractivity contribution in [3.8, 4) is 17.0 Å². The number of nitrogens with one attached hydrogen (secondary N) is 1. The Labute approximate surface area is 115 Å². The first kappa shape index (κ1) is 13.7. The number of aryl methyl sites for hydroxylation is 1. The summed E-state index contributed by atoms with van der Waals surface area (Å²) in [5, 5.41) is 9.95. The lowest BCUT2D eigenvalue weighted by Gasteiger charge is -2.06. The van der Waals surface area contributed by atoms with E-state index in [9.17, 15) is 9.90 Å². The van der Waals surface area contributed by atoms with Gasteiger partial charge in [0.2, 0.25) is 5.88 Å². The second kappa shape index (κ2) is 5.93. The molecule has 0 aliphatic heterocycles. The van der Waals surface area contributed by atoms with E-state index >= 15 is 0 Å². The smallest absolute Gasteiger partial charge is 0.262 e. The first-order chi connectivity index (χ1) is 9.11. The van der Waals surface area contributed by atoms with E-state index in [1.54, 1.807) is 11.8 Å². The number of benzene rings is 1. The fourth-order valence-electron chi connectivity index (χ4n) is 1.75. The number of H-pyrrole nitrogens is 1. The van der Waals surface area contributed by atoms with Gasteiger partial charge < -0.3 is 10.1 Å². The van der Waals surface area contributed by atoms with Crippen LogP contribution >= 0.6 is 11.8 Å². The van der Waals surface area contributed by atoms with Crippen LogP contribution in [0.3, 0.4) is 0 Å². The molecule has 5 heteroatoms. The van der Waals surface area contributed by atoms with E-state index in [4.69, 9.17) is 0 Å². The third-order valence-corrected chi connectivity index (χ3v) is 3.62. The molecule has 100 valence electrons. The standard InChI is InChI=1S/C14H16N2O2S/c1-3-19-8-11-15-13(17)12(14(18)16-11)10-6-4-9(2)5-7-10/h4-7H,3,8H2,1-2H3,(H2,15,16,17,18). The Morgan fingerprint density at radius 1 is 1.32 bits per heavy atom. The summed E-state index contributed by atoms with van der Waals surface area (Å²) in [6.07, 6.45) is 0. The van der Waals surface area contributed by atoms with Crippen LogP contribution in [0.25, 0.3) is 11.1 Å². The van der Waals surface area contributed by atoms with E-state index in [-0.39, 0.29) is 17.0 Å². The molecule has 0 unspecified atom stereocenters. The van der Waals surface area contributed by atoms with Gasteiger partial charge in [-0.1, -0.05) is 36.8 Å². The zero-order valence-corrected chi connectivity index (χ0v) is 11.8. The highest BCUT2D eigenvalue weighted by Gasteiger charge is 2.12. The van der Waals surface area contributed by atoms with Gasteiger partial charge in [-0.2, -0.15) is 16.7 Å². The van der Waals surface area contributed by atoms with Crippen LogP contribution < -0.4 is 5.56 Å². The minimum absolute atomic E-state index is 0.209. The number of hydrogen-bond acceptors (Lipinski definition) is 4. The van der Waals surface area contributed by atoms with Crippen molar-refractivity contribution in [1.29, 1.82) is 0 Å². The van der Waals surface area contributed by atoms with Gasteiger partial charge in [-0.05, 0) is 18.2 Å². The second-order valence-corrected chi connectivity index (χ2v) is 5.49. The summed E-state index contributed by atoms with van der Waals surface area (Å²) in [4.78, 5) is 18.8. The highest BCUT2D eigenvalue weighted by Crippen LogP contribution is 2.24. The minimum atomic E-state index is -0.303. The molecule has 0 radical (unpaired) electrons. The Balaban J connectivity index is 2.42. The number of rotatable bonds is 4. The monoisotopic (exact) mass is 276 g/mol. The van der Waals surface area contributed by atoms with Gasteiger partial charge in [0, 0.05) is 0 Å². The summed E-state index contributed by atoms with van der Waals surface area (Å²) in [5.41, 5.74) is 1.70. The highest BCUT2D eigenvalue weighted by molar-refractivity contribution is 7.98. The Bertz CT molecular complexity index is 620. The number of aromatic nitrogens is 2. The first-order valence-corrected chi connectivity index (χ1v) is 7.24. The predicted molar refractivity (Wildman–Crippen MR) is 78.5 cm³/mol. The normalized spacial score (nSPS) is 10.6. The van der Waals surface area contributed by atoms with Crippen LogP contribution in [-0.2, 0) is 5.75 Å². The fourth-order valence-corrected chi connectivity index (χ4v) is 2.29. The molecule has 0 aliphatic rings. The maximum Gasteiger partial charge on any atom is 0.262 e. The SMILES string of the molecule is CCSCc1nc(O)c(-c2ccc(C)cc2)c(=O)[nH]1. The van der Waals surface area contributed by atoms with Crippen LogP contribution in [0.5, 0.6) is 5.88 Å². The van der Waals surface area contributed by atoms with Crippen molar-refractivity contribution in [3.63, 3.8) is 0 Å². The molecule has 4 nitrogen and oxygen atoms in total. The number of thioether (sulfide) groups is 1. The van der Waals surface area contributed by atoms with Crippen LogP contribution in [0.15, 0.2) is 29.1 Å². The molecule has 2 rings (SSSR count). The molecule has 2 N–H and O–H groups in total. The van der Waals surface area contributed by atoms with E-state index in [1.165, 1.54) is 0 Å². The molecule has 2 aromatic rings. The minimum Gasteiger partial charge on any atom is -0.493 e. The average molecular weight is 276 g/mol. The average Bonchev–Trinajstić information content (AvgIpc) is 2.38. The van der Waals surface area contributed by atoms with Crippen LogP contribution in [-0.4, -0.2) is 20.8 Å². The van der Waals surface area contributed by atoms with E-state index < -0.39 is 0 Å². The summed E-state index contributed by atoms with van der Waals surface area (Å²) >= 11 is 1.64. The van der Waals surface area contributed by atoms with Gasteiger partial charge >= 0.3 is 0 Å². The largest absolute Gasteiger partial charge is 0.493 e. The topological polar surface area (TPSA) is 66.0 Å². The summed E-state index contributed by atoms with van der Waals surface area (Å²) in [5.74, 6) is 1.82. The molecule has 0 atom stereocenters. The Kier molecular flexibility index (Phi) is 4.27. The highest BCUT2D eigenvalue weighted by atomic mass is 32.2. The molecule has 0 fully saturated rings. The van der Waals surface area contributed by atoms with Crippen molar-refractivity contribution in [3.05, 3.63) is 46.0 Å². The molecule has 1 aromatic heterocycles. The van der Waals surface area contributed by atoms with Crippen molar-refractivity contribution in [1.82, 2.24) is 9.97 Å². The summed E-state index contributed by atoms with van der Waals surface area (Å²) in [6.45, 7) is 4.00. The van der Waals surface area contributed by atoms with Crippen molar-refractivity contribution in [2.24, 2.45) is 0 Å². The van der Waals surface area contributed by atoms with E-state index in [0.29, 0.717) is 17.1 Å². The van der Waals surface area contributed by atoms with Crippen molar-refractivity contribution < 1.29 is 5.11 Å². The second-order valence-electron chi connectivity index (χ2n) is 4.21. The van der Waals surface area contributed by atoms with Gasteiger partial charge in [-0.15, -0.1) is 0 Å². The predicted octanol–water partition coefficient (Wildman–Crippen LogP) is 2.70. The van der Waals surface area contributed by atoms with Crippen molar-refractivity contribution in [2.75, 3.05) is 5.75 Å². The molecular formula is C14H16N2O2S. The van der Waals surface area contributed by atoms with Gasteiger partial charge in [-0.3, -0.25) is 4.79 Å². The first-order valence-electron chi connectivity index (χ1n) is 6.08. The Hall–Kier alpha value is -1.75. The fraction of sp³-hybridized carbons (Fsp3) is 0.286. The van der Waals surface area contributed by atoms with Crippen molar-refractivity contribution >= 4 is 11.8 Å². The summed E-state index contributed by atoms with van der Waals surface area (Å²) in [6, 6.07) is 7.41. The molecule has 0 saturated heterocycles. The summed E-state index contributed by atoms with van der Waals surface area (Å²) < 4.78 is 0.